The number of nitrogens with one attached hydrogen (secondary N) is 1. The van der Waals surface area contributed by atoms with Crippen molar-refractivity contribution in [3.8, 4) is 11.5 Å². The first-order valence-corrected chi connectivity index (χ1v) is 13.1. The van der Waals surface area contributed by atoms with Crippen LogP contribution in [0.2, 0.25) is 0 Å². The molecule has 190 valence electrons. The molecule has 5 aromatic rings. The number of amidine groups is 1. The number of hydrogen-bond donors (Lipinski definition) is 1. The fraction of sp³-hybridized carbons (Fsp3) is 0.0312. The van der Waals surface area contributed by atoms with Crippen LogP contribution in [0.25, 0.3) is 27.6 Å². The van der Waals surface area contributed by atoms with Gasteiger partial charge < -0.3 is 14.8 Å². The van der Waals surface area contributed by atoms with E-state index in [0.717, 1.165) is 27.3 Å². The number of fused-ring (bicyclic) bond motifs is 2. The second-order valence-corrected chi connectivity index (χ2v) is 9.83. The molecule has 1 N–H and O–H groups in total. The third-order valence-corrected chi connectivity index (χ3v) is 7.28. The highest BCUT2D eigenvalue weighted by Crippen LogP contribution is 2.35. The minimum absolute atomic E-state index is 0.272. The SMILES string of the molecule is COc1ccc(N=C2NC(=O)/C(=C/c3c(OC(=O)c4cccc5ccccc45)ccc4ccccc34)S2)cc1. The molecule has 1 saturated heterocycles. The van der Waals surface area contributed by atoms with Crippen LogP contribution in [-0.4, -0.2) is 24.2 Å². The van der Waals surface area contributed by atoms with Gasteiger partial charge in [-0.3, -0.25) is 4.79 Å². The molecule has 0 unspecified atom stereocenters. The van der Waals surface area contributed by atoms with Crippen LogP contribution in [-0.2, 0) is 4.79 Å². The van der Waals surface area contributed by atoms with Gasteiger partial charge in [0.2, 0.25) is 0 Å². The summed E-state index contributed by atoms with van der Waals surface area (Å²) in [5.41, 5.74) is 1.81. The van der Waals surface area contributed by atoms with Gasteiger partial charge in [-0.25, -0.2) is 9.79 Å². The summed E-state index contributed by atoms with van der Waals surface area (Å²) in [6.45, 7) is 0. The standard InChI is InChI=1S/C32H22N2O4S/c1-37-23-16-14-22(15-17-23)33-32-34-30(35)29(39-32)19-27-25-11-5-3-8-21(25)13-18-28(27)38-31(36)26-12-6-9-20-7-2-4-10-24(20)26/h2-19H,1H3,(H,33,34,35)/b29-19-. The van der Waals surface area contributed by atoms with Crippen LogP contribution in [0.4, 0.5) is 5.69 Å². The van der Waals surface area contributed by atoms with Crippen molar-refractivity contribution in [2.24, 2.45) is 4.99 Å². The van der Waals surface area contributed by atoms with Gasteiger partial charge in [0.15, 0.2) is 5.17 Å². The van der Waals surface area contributed by atoms with Gasteiger partial charge >= 0.3 is 5.97 Å². The molecule has 1 aliphatic rings. The van der Waals surface area contributed by atoms with Gasteiger partial charge in [0.05, 0.1) is 23.3 Å². The van der Waals surface area contributed by atoms with Gasteiger partial charge in [-0.15, -0.1) is 0 Å². The quantitative estimate of drug-likeness (QED) is 0.149. The van der Waals surface area contributed by atoms with Crippen molar-refractivity contribution in [3.05, 3.63) is 119 Å². The van der Waals surface area contributed by atoms with Crippen molar-refractivity contribution in [1.29, 1.82) is 0 Å². The van der Waals surface area contributed by atoms with Gasteiger partial charge in [0.1, 0.15) is 11.5 Å². The maximum atomic E-state index is 13.4. The molecule has 0 spiro atoms. The van der Waals surface area contributed by atoms with E-state index in [4.69, 9.17) is 9.47 Å². The number of aliphatic imine (C=N–C) groups is 1. The largest absolute Gasteiger partial charge is 0.497 e. The number of ether oxygens (including phenoxy) is 2. The minimum atomic E-state index is -0.466. The van der Waals surface area contributed by atoms with Gasteiger partial charge in [-0.05, 0) is 75.8 Å². The molecular formula is C32H22N2O4S. The molecule has 5 aromatic carbocycles. The van der Waals surface area contributed by atoms with Crippen LogP contribution < -0.4 is 14.8 Å². The smallest absolute Gasteiger partial charge is 0.344 e. The molecule has 0 aromatic heterocycles. The fourth-order valence-electron chi connectivity index (χ4n) is 4.46. The zero-order valence-electron chi connectivity index (χ0n) is 20.9. The molecule has 1 heterocycles. The number of methoxy groups -OCH3 is 1. The number of rotatable bonds is 5. The summed E-state index contributed by atoms with van der Waals surface area (Å²) in [5.74, 6) is 0.357. The zero-order chi connectivity index (χ0) is 26.8. The van der Waals surface area contributed by atoms with Crippen molar-refractivity contribution in [3.63, 3.8) is 0 Å². The molecule has 39 heavy (non-hydrogen) atoms. The molecule has 0 atom stereocenters. The molecule has 6 nitrogen and oxygen atoms in total. The monoisotopic (exact) mass is 530 g/mol. The van der Waals surface area contributed by atoms with Crippen LogP contribution in [0.1, 0.15) is 15.9 Å². The summed E-state index contributed by atoms with van der Waals surface area (Å²) >= 11 is 1.23. The van der Waals surface area contributed by atoms with Crippen LogP contribution in [0.5, 0.6) is 11.5 Å². The predicted molar refractivity (Wildman–Crippen MR) is 157 cm³/mol. The summed E-state index contributed by atoms with van der Waals surface area (Å²) in [6, 6.07) is 31.9. The van der Waals surface area contributed by atoms with E-state index in [1.54, 1.807) is 25.3 Å². The number of thioether (sulfide) groups is 1. The lowest BCUT2D eigenvalue weighted by atomic mass is 10.0. The molecule has 6 rings (SSSR count). The third kappa shape index (κ3) is 5.00. The van der Waals surface area contributed by atoms with Crippen molar-refractivity contribution in [2.45, 2.75) is 0 Å². The summed E-state index contributed by atoms with van der Waals surface area (Å²) in [4.78, 5) is 31.3. The Morgan fingerprint density at radius 1 is 0.821 bits per heavy atom. The maximum absolute atomic E-state index is 13.4. The lowest BCUT2D eigenvalue weighted by molar-refractivity contribution is -0.115. The van der Waals surface area contributed by atoms with Crippen molar-refractivity contribution in [2.75, 3.05) is 7.11 Å². The first-order chi connectivity index (χ1) is 19.1. The van der Waals surface area contributed by atoms with Crippen LogP contribution in [0.3, 0.4) is 0 Å². The Kier molecular flexibility index (Phi) is 6.57. The fourth-order valence-corrected chi connectivity index (χ4v) is 5.28. The van der Waals surface area contributed by atoms with E-state index in [2.05, 4.69) is 10.3 Å². The normalized spacial score (nSPS) is 15.2. The highest BCUT2D eigenvalue weighted by atomic mass is 32.2. The topological polar surface area (TPSA) is 77.0 Å². The summed E-state index contributed by atoms with van der Waals surface area (Å²) in [7, 11) is 1.60. The van der Waals surface area contributed by atoms with Crippen LogP contribution in [0, 0.1) is 0 Å². The number of benzene rings is 5. The molecule has 0 saturated carbocycles. The average Bonchev–Trinajstić information content (AvgIpc) is 3.32. The lowest BCUT2D eigenvalue weighted by Gasteiger charge is -2.12. The molecule has 1 fully saturated rings. The Balaban J connectivity index is 1.37. The van der Waals surface area contributed by atoms with Gasteiger partial charge in [-0.1, -0.05) is 66.7 Å². The van der Waals surface area contributed by atoms with Crippen LogP contribution >= 0.6 is 11.8 Å². The first kappa shape index (κ1) is 24.5. The average molecular weight is 531 g/mol. The second-order valence-electron chi connectivity index (χ2n) is 8.79. The summed E-state index contributed by atoms with van der Waals surface area (Å²) in [6.07, 6.45) is 1.75. The molecule has 7 heteroatoms. The van der Waals surface area contributed by atoms with Gasteiger partial charge in [-0.2, -0.15) is 0 Å². The molecule has 0 aliphatic carbocycles. The molecule has 1 aliphatic heterocycles. The highest BCUT2D eigenvalue weighted by molar-refractivity contribution is 8.18. The number of hydrogen-bond acceptors (Lipinski definition) is 6. The van der Waals surface area contributed by atoms with Crippen molar-refractivity contribution in [1.82, 2.24) is 5.32 Å². The van der Waals surface area contributed by atoms with E-state index < -0.39 is 5.97 Å². The lowest BCUT2D eigenvalue weighted by Crippen LogP contribution is -2.19. The third-order valence-electron chi connectivity index (χ3n) is 6.37. The molecule has 0 radical (unpaired) electrons. The Morgan fingerprint density at radius 2 is 1.51 bits per heavy atom. The molecular weight excluding hydrogens is 508 g/mol. The number of carbonyl (C=O) groups excluding carboxylic acids is 2. The first-order valence-electron chi connectivity index (χ1n) is 12.2. The molecule has 1 amide bonds. The highest BCUT2D eigenvalue weighted by Gasteiger charge is 2.25. The Bertz CT molecular complexity index is 1800. The summed E-state index contributed by atoms with van der Waals surface area (Å²) < 4.78 is 11.2. The minimum Gasteiger partial charge on any atom is -0.497 e. The molecule has 0 bridgehead atoms. The van der Waals surface area contributed by atoms with Crippen molar-refractivity contribution >= 4 is 62.1 Å². The Labute approximate surface area is 229 Å². The van der Waals surface area contributed by atoms with Gasteiger partial charge in [0, 0.05) is 5.56 Å². The van der Waals surface area contributed by atoms with E-state index in [1.807, 2.05) is 91.0 Å². The number of nitrogens with zero attached hydrogens (tertiary/aromatic N) is 1. The number of amides is 1. The van der Waals surface area contributed by atoms with E-state index in [0.29, 0.717) is 32.6 Å². The van der Waals surface area contributed by atoms with E-state index in [-0.39, 0.29) is 5.91 Å². The number of carbonyl (C=O) groups is 2. The van der Waals surface area contributed by atoms with E-state index in [1.165, 1.54) is 11.8 Å². The van der Waals surface area contributed by atoms with Crippen LogP contribution in [0.15, 0.2) is 113 Å². The number of esters is 1. The van der Waals surface area contributed by atoms with Crippen molar-refractivity contribution < 1.29 is 19.1 Å². The van der Waals surface area contributed by atoms with E-state index >= 15 is 0 Å². The Morgan fingerprint density at radius 3 is 2.28 bits per heavy atom. The summed E-state index contributed by atoms with van der Waals surface area (Å²) in [5, 5.41) is 6.88. The second kappa shape index (κ2) is 10.5. The van der Waals surface area contributed by atoms with E-state index in [9.17, 15) is 9.59 Å². The van der Waals surface area contributed by atoms with Gasteiger partial charge in [0.25, 0.3) is 5.91 Å². The Hall–Kier alpha value is -4.88. The predicted octanol–water partition coefficient (Wildman–Crippen LogP) is 7.11. The zero-order valence-corrected chi connectivity index (χ0v) is 21.7. The maximum Gasteiger partial charge on any atom is 0.344 e.